The fourth-order valence-corrected chi connectivity index (χ4v) is 3.40. The maximum Gasteiger partial charge on any atom is 0.193 e. The number of benzene rings is 2. The van der Waals surface area contributed by atoms with E-state index in [-0.39, 0.29) is 24.0 Å². The van der Waals surface area contributed by atoms with Crippen LogP contribution in [0, 0.1) is 0 Å². The number of para-hydroxylation sites is 2. The van der Waals surface area contributed by atoms with Crippen LogP contribution < -0.4 is 14.8 Å². The van der Waals surface area contributed by atoms with E-state index < -0.39 is 0 Å². The average molecular weight is 537 g/mol. The highest BCUT2D eigenvalue weighted by atomic mass is 127. The van der Waals surface area contributed by atoms with Crippen molar-refractivity contribution in [2.24, 2.45) is 4.99 Å². The van der Waals surface area contributed by atoms with Gasteiger partial charge in [0.05, 0.1) is 25.3 Å². The molecule has 1 aromatic heterocycles. The molecule has 0 saturated carbocycles. The van der Waals surface area contributed by atoms with Crippen LogP contribution in [0.1, 0.15) is 17.8 Å². The number of aromatic nitrogens is 2. The standard InChI is InChI=1S/C23H31N5O2.HI/c1-24-23(25-14-7-10-22-26-18-8-5-6-9-19(18)27-22)28(2)15-13-17-11-12-20(29-3)21(16-17)30-4;/h5-6,8-9,11-12,16H,7,10,13-15H2,1-4H3,(H,24,25)(H,26,27);1H. The van der Waals surface area contributed by atoms with Crippen LogP contribution in [-0.2, 0) is 12.8 Å². The second kappa shape index (κ2) is 12.4. The Hall–Kier alpha value is -2.49. The molecule has 31 heavy (non-hydrogen) atoms. The number of methoxy groups -OCH3 is 2. The Morgan fingerprint density at radius 2 is 1.87 bits per heavy atom. The van der Waals surface area contributed by atoms with Crippen LogP contribution >= 0.6 is 24.0 Å². The number of H-pyrrole nitrogens is 1. The highest BCUT2D eigenvalue weighted by Crippen LogP contribution is 2.27. The van der Waals surface area contributed by atoms with Crippen LogP contribution in [0.3, 0.4) is 0 Å². The highest BCUT2D eigenvalue weighted by Gasteiger charge is 2.09. The second-order valence-corrected chi connectivity index (χ2v) is 7.14. The number of aliphatic imine (C=N–C) groups is 1. The summed E-state index contributed by atoms with van der Waals surface area (Å²) in [5, 5.41) is 3.44. The van der Waals surface area contributed by atoms with Crippen molar-refractivity contribution in [3.8, 4) is 11.5 Å². The molecule has 0 aliphatic rings. The molecule has 0 saturated heterocycles. The average Bonchev–Trinajstić information content (AvgIpc) is 3.20. The van der Waals surface area contributed by atoms with Crippen molar-refractivity contribution < 1.29 is 9.47 Å². The molecule has 0 bridgehead atoms. The molecule has 0 spiro atoms. The summed E-state index contributed by atoms with van der Waals surface area (Å²) < 4.78 is 10.7. The summed E-state index contributed by atoms with van der Waals surface area (Å²) >= 11 is 0. The molecule has 7 nitrogen and oxygen atoms in total. The molecule has 3 rings (SSSR count). The van der Waals surface area contributed by atoms with Gasteiger partial charge in [-0.2, -0.15) is 0 Å². The van der Waals surface area contributed by atoms with Gasteiger partial charge in [-0.1, -0.05) is 18.2 Å². The van der Waals surface area contributed by atoms with Crippen molar-refractivity contribution in [2.75, 3.05) is 41.4 Å². The summed E-state index contributed by atoms with van der Waals surface area (Å²) in [5.41, 5.74) is 3.30. The van der Waals surface area contributed by atoms with Crippen LogP contribution in [0.15, 0.2) is 47.5 Å². The molecule has 2 N–H and O–H groups in total. The molecule has 0 radical (unpaired) electrons. The van der Waals surface area contributed by atoms with Crippen molar-refractivity contribution in [1.29, 1.82) is 0 Å². The highest BCUT2D eigenvalue weighted by molar-refractivity contribution is 14.0. The molecule has 3 aromatic rings. The first-order chi connectivity index (χ1) is 14.6. The number of aryl methyl sites for hydroxylation is 1. The zero-order chi connectivity index (χ0) is 21.3. The Kier molecular flexibility index (Phi) is 9.90. The molecule has 0 fully saturated rings. The van der Waals surface area contributed by atoms with Gasteiger partial charge in [0, 0.05) is 33.6 Å². The fourth-order valence-electron chi connectivity index (χ4n) is 3.40. The predicted octanol–water partition coefficient (Wildman–Crippen LogP) is 3.88. The van der Waals surface area contributed by atoms with Gasteiger partial charge in [-0.3, -0.25) is 4.99 Å². The molecule has 0 aliphatic carbocycles. The molecule has 0 unspecified atom stereocenters. The smallest absolute Gasteiger partial charge is 0.193 e. The SMILES string of the molecule is CN=C(NCCCc1nc2ccccc2[nH]1)N(C)CCc1ccc(OC)c(OC)c1.I. The van der Waals surface area contributed by atoms with Crippen molar-refractivity contribution >= 4 is 41.0 Å². The molecule has 0 aliphatic heterocycles. The van der Waals surface area contributed by atoms with Gasteiger partial charge in [-0.15, -0.1) is 24.0 Å². The Bertz CT molecular complexity index is 956. The monoisotopic (exact) mass is 537 g/mol. The number of imidazole rings is 1. The third kappa shape index (κ3) is 6.75. The van der Waals surface area contributed by atoms with E-state index in [0.29, 0.717) is 0 Å². The van der Waals surface area contributed by atoms with Gasteiger partial charge in [0.2, 0.25) is 0 Å². The number of rotatable bonds is 9. The zero-order valence-corrected chi connectivity index (χ0v) is 21.0. The van der Waals surface area contributed by atoms with Crippen molar-refractivity contribution in [1.82, 2.24) is 20.2 Å². The van der Waals surface area contributed by atoms with Crippen molar-refractivity contribution in [2.45, 2.75) is 19.3 Å². The predicted molar refractivity (Wildman–Crippen MR) is 137 cm³/mol. The fraction of sp³-hybridized carbons (Fsp3) is 0.391. The maximum absolute atomic E-state index is 5.39. The number of hydrogen-bond donors (Lipinski definition) is 2. The van der Waals surface area contributed by atoms with E-state index in [9.17, 15) is 0 Å². The summed E-state index contributed by atoms with van der Waals surface area (Å²) in [7, 11) is 7.17. The molecule has 0 amide bonds. The zero-order valence-electron chi connectivity index (χ0n) is 18.6. The summed E-state index contributed by atoms with van der Waals surface area (Å²) in [6, 6.07) is 14.2. The number of likely N-dealkylation sites (N-methyl/N-ethyl adjacent to an activating group) is 1. The first-order valence-electron chi connectivity index (χ1n) is 10.2. The number of hydrogen-bond acceptors (Lipinski definition) is 4. The minimum Gasteiger partial charge on any atom is -0.493 e. The van der Waals surface area contributed by atoms with Crippen molar-refractivity contribution in [3.63, 3.8) is 0 Å². The number of ether oxygens (including phenoxy) is 2. The van der Waals surface area contributed by atoms with E-state index >= 15 is 0 Å². The first-order valence-corrected chi connectivity index (χ1v) is 10.2. The second-order valence-electron chi connectivity index (χ2n) is 7.14. The number of nitrogens with zero attached hydrogens (tertiary/aromatic N) is 3. The summed E-state index contributed by atoms with van der Waals surface area (Å²) in [4.78, 5) is 14.5. The van der Waals surface area contributed by atoms with Crippen molar-refractivity contribution in [3.05, 3.63) is 53.9 Å². The molecule has 168 valence electrons. The lowest BCUT2D eigenvalue weighted by molar-refractivity contribution is 0.354. The molecule has 8 heteroatoms. The molecule has 2 aromatic carbocycles. The Morgan fingerprint density at radius 3 is 2.58 bits per heavy atom. The van der Waals surface area contributed by atoms with Crippen LogP contribution in [0.4, 0.5) is 0 Å². The van der Waals surface area contributed by atoms with Gasteiger partial charge in [-0.25, -0.2) is 4.98 Å². The van der Waals surface area contributed by atoms with E-state index in [1.54, 1.807) is 14.2 Å². The van der Waals surface area contributed by atoms with E-state index in [1.807, 2.05) is 37.4 Å². The van der Waals surface area contributed by atoms with Crippen LogP contribution in [0.2, 0.25) is 0 Å². The van der Waals surface area contributed by atoms with Gasteiger partial charge in [0.1, 0.15) is 5.82 Å². The summed E-state index contributed by atoms with van der Waals surface area (Å²) in [6.07, 6.45) is 2.76. The third-order valence-electron chi connectivity index (χ3n) is 5.07. The largest absolute Gasteiger partial charge is 0.493 e. The van der Waals surface area contributed by atoms with E-state index in [1.165, 1.54) is 5.56 Å². The van der Waals surface area contributed by atoms with Crippen LogP contribution in [-0.4, -0.2) is 62.2 Å². The lowest BCUT2D eigenvalue weighted by atomic mass is 10.1. The molecular weight excluding hydrogens is 505 g/mol. The molecule has 0 atom stereocenters. The van der Waals surface area contributed by atoms with Crippen LogP contribution in [0.25, 0.3) is 11.0 Å². The van der Waals surface area contributed by atoms with E-state index in [4.69, 9.17) is 9.47 Å². The first kappa shape index (κ1) is 24.8. The quantitative estimate of drug-likeness (QED) is 0.188. The summed E-state index contributed by atoms with van der Waals surface area (Å²) in [5.74, 6) is 3.41. The Balaban J connectivity index is 0.00000341. The minimum absolute atomic E-state index is 0. The van der Waals surface area contributed by atoms with Crippen LogP contribution in [0.5, 0.6) is 11.5 Å². The topological polar surface area (TPSA) is 74.8 Å². The lowest BCUT2D eigenvalue weighted by Gasteiger charge is -2.22. The van der Waals surface area contributed by atoms with Gasteiger partial charge < -0.3 is 24.7 Å². The Morgan fingerprint density at radius 1 is 1.10 bits per heavy atom. The number of aromatic amines is 1. The van der Waals surface area contributed by atoms with Gasteiger partial charge in [-0.05, 0) is 42.7 Å². The normalized spacial score (nSPS) is 11.2. The lowest BCUT2D eigenvalue weighted by Crippen LogP contribution is -2.40. The number of guanidine groups is 1. The van der Waals surface area contributed by atoms with Gasteiger partial charge >= 0.3 is 0 Å². The third-order valence-corrected chi connectivity index (χ3v) is 5.07. The number of nitrogens with one attached hydrogen (secondary N) is 2. The van der Waals surface area contributed by atoms with E-state index in [0.717, 1.165) is 66.7 Å². The number of halogens is 1. The van der Waals surface area contributed by atoms with Gasteiger partial charge in [0.15, 0.2) is 17.5 Å². The summed E-state index contributed by atoms with van der Waals surface area (Å²) in [6.45, 7) is 1.68. The Labute approximate surface area is 201 Å². The minimum atomic E-state index is 0. The maximum atomic E-state index is 5.39. The molecular formula is C23H32IN5O2. The van der Waals surface area contributed by atoms with E-state index in [2.05, 4.69) is 44.4 Å². The number of fused-ring (bicyclic) bond motifs is 1. The van der Waals surface area contributed by atoms with Gasteiger partial charge in [0.25, 0.3) is 0 Å². The molecule has 1 heterocycles.